The van der Waals surface area contributed by atoms with Crippen molar-refractivity contribution in [1.82, 2.24) is 21.3 Å². The van der Waals surface area contributed by atoms with E-state index in [1.807, 2.05) is 14.1 Å². The van der Waals surface area contributed by atoms with E-state index in [9.17, 15) is 9.59 Å². The third-order valence-electron chi connectivity index (χ3n) is 12.6. The molecule has 5 N–H and O–H groups in total. The van der Waals surface area contributed by atoms with Crippen LogP contribution in [0.5, 0.6) is 0 Å². The average molecular weight is 855 g/mol. The Bertz CT molecular complexity index is 2770. The second kappa shape index (κ2) is 19.5. The van der Waals surface area contributed by atoms with E-state index in [-0.39, 0.29) is 11.8 Å². The normalized spacial score (nSPS) is 14.7. The SMILES string of the molecule is C=C(C)C(=O)NCCCNCc1c2ccccc2c(CNCCCNC(=O)C(=C)C)c2cc(-c3ccc(C)c(C4=C5C=C/C(=N\C)C=C5[Si](C)(C)c5cc(NC)ccc54)c3)ccc12. The molecule has 2 aliphatic rings. The van der Waals surface area contributed by atoms with Gasteiger partial charge in [-0.25, -0.2) is 0 Å². The molecule has 7 rings (SSSR count). The molecule has 0 unspecified atom stereocenters. The highest BCUT2D eigenvalue weighted by Crippen LogP contribution is 2.44. The summed E-state index contributed by atoms with van der Waals surface area (Å²) in [5.41, 5.74) is 14.4. The molecule has 63 heavy (non-hydrogen) atoms. The molecule has 0 atom stereocenters. The van der Waals surface area contributed by atoms with Crippen LogP contribution in [0.4, 0.5) is 5.69 Å². The van der Waals surface area contributed by atoms with Crippen LogP contribution < -0.4 is 31.8 Å². The standard InChI is InChI=1S/C54H62N6O2Si/c1-34(2)53(61)59-26-12-24-57-32-48-41-14-10-11-15-42(41)49(33-58-25-13-27-60-54(62)35(3)4)47-29-38(18-21-43(47)48)37-17-16-36(5)46(28-37)52-44-22-19-39(55-6)30-50(44)63(8,9)51-31-40(56-7)20-23-45(51)52/h10-11,14-23,28-31,55,57-58H,1,3,12-13,24-27,32-33H2,2,4-9H3,(H,59,61)(H,60,62)/b56-40+. The minimum Gasteiger partial charge on any atom is -0.388 e. The number of allylic oxidation sites excluding steroid dienone is 5. The number of anilines is 1. The number of hydrogen-bond acceptors (Lipinski definition) is 6. The summed E-state index contributed by atoms with van der Waals surface area (Å²) in [6.45, 7) is 22.2. The maximum Gasteiger partial charge on any atom is 0.246 e. The summed E-state index contributed by atoms with van der Waals surface area (Å²) in [5.74, 6) is -0.211. The van der Waals surface area contributed by atoms with Crippen molar-refractivity contribution < 1.29 is 9.59 Å². The lowest BCUT2D eigenvalue weighted by molar-refractivity contribution is -0.118. The number of rotatable bonds is 17. The van der Waals surface area contributed by atoms with Gasteiger partial charge in [-0.1, -0.05) is 86.9 Å². The molecule has 2 amide bonds. The number of hydrogen-bond donors (Lipinski definition) is 5. The first-order chi connectivity index (χ1) is 30.3. The minimum absolute atomic E-state index is 0.105. The van der Waals surface area contributed by atoms with Crippen molar-refractivity contribution in [3.63, 3.8) is 0 Å². The van der Waals surface area contributed by atoms with Crippen molar-refractivity contribution in [2.75, 3.05) is 45.6 Å². The molecule has 8 nitrogen and oxygen atoms in total. The number of carbonyl (C=O) groups excluding carboxylic acids is 2. The molecule has 9 heteroatoms. The zero-order valence-electron chi connectivity index (χ0n) is 38.1. The smallest absolute Gasteiger partial charge is 0.246 e. The molecule has 0 spiro atoms. The predicted octanol–water partition coefficient (Wildman–Crippen LogP) is 9.19. The molecule has 1 aliphatic heterocycles. The Hall–Kier alpha value is -6.13. The third kappa shape index (κ3) is 9.47. The van der Waals surface area contributed by atoms with Crippen molar-refractivity contribution >= 4 is 63.6 Å². The highest BCUT2D eigenvalue weighted by Gasteiger charge is 2.40. The van der Waals surface area contributed by atoms with E-state index in [4.69, 9.17) is 0 Å². The molecule has 0 saturated heterocycles. The minimum atomic E-state index is -2.09. The molecule has 0 radical (unpaired) electrons. The van der Waals surface area contributed by atoms with Gasteiger partial charge in [0.05, 0.1) is 5.71 Å². The quantitative estimate of drug-likeness (QED) is 0.0278. The van der Waals surface area contributed by atoms with E-state index in [1.165, 1.54) is 76.5 Å². The monoisotopic (exact) mass is 854 g/mol. The molecule has 1 heterocycles. The summed E-state index contributed by atoms with van der Waals surface area (Å²) >= 11 is 0. The van der Waals surface area contributed by atoms with Crippen molar-refractivity contribution in [2.24, 2.45) is 4.99 Å². The van der Waals surface area contributed by atoms with Gasteiger partial charge < -0.3 is 26.6 Å². The van der Waals surface area contributed by atoms with Crippen LogP contribution in [0.2, 0.25) is 13.1 Å². The van der Waals surface area contributed by atoms with Crippen molar-refractivity contribution in [1.29, 1.82) is 0 Å². The molecule has 5 aromatic carbocycles. The molecule has 1 aliphatic carbocycles. The van der Waals surface area contributed by atoms with Gasteiger partial charge in [0.25, 0.3) is 0 Å². The van der Waals surface area contributed by atoms with Gasteiger partial charge in [0.15, 0.2) is 0 Å². The zero-order chi connectivity index (χ0) is 44.8. The Kier molecular flexibility index (Phi) is 13.9. The Morgan fingerprint density at radius 1 is 0.683 bits per heavy atom. The van der Waals surface area contributed by atoms with E-state index in [2.05, 4.69) is 162 Å². The summed E-state index contributed by atoms with van der Waals surface area (Å²) < 4.78 is 0. The summed E-state index contributed by atoms with van der Waals surface area (Å²) in [7, 11) is 1.78. The molecular formula is C54H62N6O2Si. The number of nitrogens with zero attached hydrogens (tertiary/aromatic N) is 1. The number of amides is 2. The summed E-state index contributed by atoms with van der Waals surface area (Å²) in [6, 6.07) is 29.5. The number of benzene rings is 5. The third-order valence-corrected chi connectivity index (χ3v) is 16.1. The fourth-order valence-electron chi connectivity index (χ4n) is 8.97. The van der Waals surface area contributed by atoms with Crippen LogP contribution in [0.3, 0.4) is 0 Å². The first-order valence-corrected chi connectivity index (χ1v) is 25.1. The van der Waals surface area contributed by atoms with E-state index < -0.39 is 8.07 Å². The largest absolute Gasteiger partial charge is 0.388 e. The van der Waals surface area contributed by atoms with E-state index in [1.54, 1.807) is 13.8 Å². The van der Waals surface area contributed by atoms with Crippen LogP contribution in [0.1, 0.15) is 54.5 Å². The van der Waals surface area contributed by atoms with Gasteiger partial charge in [0, 0.05) is 57.1 Å². The zero-order valence-corrected chi connectivity index (χ0v) is 39.1. The number of fused-ring (bicyclic) bond motifs is 4. The van der Waals surface area contributed by atoms with Gasteiger partial charge in [0.1, 0.15) is 8.07 Å². The highest BCUT2D eigenvalue weighted by molar-refractivity contribution is 6.98. The average Bonchev–Trinajstić information content (AvgIpc) is 3.28. The van der Waals surface area contributed by atoms with E-state index in [0.717, 1.165) is 42.9 Å². The van der Waals surface area contributed by atoms with Gasteiger partial charge in [-0.05, 0) is 165 Å². The Balaban J connectivity index is 1.30. The van der Waals surface area contributed by atoms with Crippen molar-refractivity contribution in [3.8, 4) is 11.1 Å². The first kappa shape index (κ1) is 44.9. The van der Waals surface area contributed by atoms with Gasteiger partial charge in [-0.15, -0.1) is 0 Å². The number of aliphatic imine (C=N–C) groups is 1. The lowest BCUT2D eigenvalue weighted by Crippen LogP contribution is -2.49. The van der Waals surface area contributed by atoms with Crippen LogP contribution in [0.25, 0.3) is 38.2 Å². The molecule has 5 aromatic rings. The van der Waals surface area contributed by atoms with Gasteiger partial charge in [0.2, 0.25) is 11.8 Å². The van der Waals surface area contributed by atoms with Crippen LogP contribution in [-0.2, 0) is 22.7 Å². The van der Waals surface area contributed by atoms with E-state index >= 15 is 0 Å². The van der Waals surface area contributed by atoms with Crippen LogP contribution >= 0.6 is 0 Å². The fourth-order valence-corrected chi connectivity index (χ4v) is 12.0. The highest BCUT2D eigenvalue weighted by atomic mass is 28.3. The lowest BCUT2D eigenvalue weighted by atomic mass is 9.85. The topological polar surface area (TPSA) is 107 Å². The van der Waals surface area contributed by atoms with Crippen LogP contribution in [0.15, 0.2) is 137 Å². The van der Waals surface area contributed by atoms with Crippen LogP contribution in [0, 0.1) is 6.92 Å². The molecule has 324 valence electrons. The number of aryl methyl sites for hydroxylation is 1. The van der Waals surface area contributed by atoms with Gasteiger partial charge in [-0.3, -0.25) is 14.6 Å². The second-order valence-corrected chi connectivity index (χ2v) is 21.7. The van der Waals surface area contributed by atoms with Crippen molar-refractivity contribution in [3.05, 3.63) is 160 Å². The van der Waals surface area contributed by atoms with Crippen molar-refractivity contribution in [2.45, 2.75) is 59.8 Å². The Morgan fingerprint density at radius 2 is 1.27 bits per heavy atom. The van der Waals surface area contributed by atoms with Crippen LogP contribution in [-0.4, -0.2) is 65.9 Å². The summed E-state index contributed by atoms with van der Waals surface area (Å²) in [5, 5.41) is 24.4. The summed E-state index contributed by atoms with van der Waals surface area (Å²) in [4.78, 5) is 28.7. The number of carbonyl (C=O) groups is 2. The maximum absolute atomic E-state index is 12.1. The van der Waals surface area contributed by atoms with Gasteiger partial charge >= 0.3 is 0 Å². The fraction of sp³-hybridized carbons (Fsp3) is 0.278. The molecule has 0 bridgehead atoms. The lowest BCUT2D eigenvalue weighted by Gasteiger charge is -2.38. The molecule has 0 fully saturated rings. The molecule has 0 aromatic heterocycles. The first-order valence-electron chi connectivity index (χ1n) is 22.1. The maximum atomic E-state index is 12.1. The number of nitrogens with one attached hydrogen (secondary N) is 5. The Labute approximate surface area is 374 Å². The predicted molar refractivity (Wildman–Crippen MR) is 270 cm³/mol. The second-order valence-electron chi connectivity index (χ2n) is 17.4. The molecule has 0 saturated carbocycles. The van der Waals surface area contributed by atoms with Gasteiger partial charge in [-0.2, -0.15) is 0 Å². The summed E-state index contributed by atoms with van der Waals surface area (Å²) in [6.07, 6.45) is 8.39. The molecular weight excluding hydrogens is 793 g/mol. The Morgan fingerprint density at radius 3 is 1.87 bits per heavy atom. The van der Waals surface area contributed by atoms with E-state index in [0.29, 0.717) is 37.3 Å².